The van der Waals surface area contributed by atoms with Crippen LogP contribution in [0.5, 0.6) is 5.75 Å². The Bertz CT molecular complexity index is 382. The Morgan fingerprint density at radius 3 is 2.81 bits per heavy atom. The maximum atomic E-state index is 12.0. The maximum absolute atomic E-state index is 12.0. The average Bonchev–Trinajstić information content (AvgIpc) is 2.29. The van der Waals surface area contributed by atoms with Crippen LogP contribution in [0.2, 0.25) is 0 Å². The fraction of sp³-hybridized carbons (Fsp3) is 0.500. The number of hydrogen-bond donors (Lipinski definition) is 0. The third-order valence-corrected chi connectivity index (χ3v) is 2.99. The lowest BCUT2D eigenvalue weighted by atomic mass is 10.0. The summed E-state index contributed by atoms with van der Waals surface area (Å²) in [5.41, 5.74) is 1.88. The predicted octanol–water partition coefficient (Wildman–Crippen LogP) is 3.52. The molecule has 2 rings (SSSR count). The van der Waals surface area contributed by atoms with E-state index in [0.717, 1.165) is 49.2 Å². The summed E-state index contributed by atoms with van der Waals surface area (Å²) >= 11 is 0. The number of carbonyl (C=O) groups excluding carboxylic acids is 1. The molecule has 0 aromatic heterocycles. The predicted molar refractivity (Wildman–Crippen MR) is 64.1 cm³/mol. The second-order valence-electron chi connectivity index (χ2n) is 4.44. The fourth-order valence-corrected chi connectivity index (χ4v) is 2.05. The number of ketones is 1. The van der Waals surface area contributed by atoms with E-state index < -0.39 is 0 Å². The van der Waals surface area contributed by atoms with Crippen molar-refractivity contribution in [2.24, 2.45) is 0 Å². The number of aryl methyl sites for hydroxylation is 1. The Morgan fingerprint density at radius 2 is 1.94 bits per heavy atom. The molecule has 2 heteroatoms. The van der Waals surface area contributed by atoms with Crippen LogP contribution < -0.4 is 4.74 Å². The molecule has 0 bridgehead atoms. The Balaban J connectivity index is 2.29. The molecule has 1 aliphatic rings. The first-order valence-corrected chi connectivity index (χ1v) is 6.04. The van der Waals surface area contributed by atoms with E-state index in [-0.39, 0.29) is 5.78 Å². The number of rotatable bonds is 0. The number of hydrogen-bond acceptors (Lipinski definition) is 2. The Morgan fingerprint density at radius 1 is 1.12 bits per heavy atom. The highest BCUT2D eigenvalue weighted by atomic mass is 16.5. The van der Waals surface area contributed by atoms with Crippen LogP contribution in [0.4, 0.5) is 0 Å². The zero-order chi connectivity index (χ0) is 11.4. The van der Waals surface area contributed by atoms with E-state index in [4.69, 9.17) is 4.74 Å². The van der Waals surface area contributed by atoms with Crippen LogP contribution in [0.3, 0.4) is 0 Å². The van der Waals surface area contributed by atoms with Crippen molar-refractivity contribution in [1.82, 2.24) is 0 Å². The lowest BCUT2D eigenvalue weighted by Gasteiger charge is -2.13. The van der Waals surface area contributed by atoms with Crippen molar-refractivity contribution in [3.05, 3.63) is 29.3 Å². The van der Waals surface area contributed by atoms with Crippen molar-refractivity contribution in [3.63, 3.8) is 0 Å². The summed E-state index contributed by atoms with van der Waals surface area (Å²) in [6, 6.07) is 5.86. The summed E-state index contributed by atoms with van der Waals surface area (Å²) in [6.45, 7) is 2.73. The van der Waals surface area contributed by atoms with Gasteiger partial charge in [-0.05, 0) is 31.9 Å². The number of carbonyl (C=O) groups is 1. The third kappa shape index (κ3) is 2.63. The summed E-state index contributed by atoms with van der Waals surface area (Å²) in [5, 5.41) is 0. The molecular formula is C14H18O2. The lowest BCUT2D eigenvalue weighted by Crippen LogP contribution is -2.07. The van der Waals surface area contributed by atoms with E-state index in [2.05, 4.69) is 0 Å². The zero-order valence-electron chi connectivity index (χ0n) is 9.79. The van der Waals surface area contributed by atoms with Crippen LogP contribution in [-0.4, -0.2) is 12.4 Å². The van der Waals surface area contributed by atoms with Crippen molar-refractivity contribution >= 4 is 5.78 Å². The van der Waals surface area contributed by atoms with Crippen LogP contribution in [0, 0.1) is 6.92 Å². The Labute approximate surface area is 96.6 Å². The van der Waals surface area contributed by atoms with Crippen molar-refractivity contribution in [2.75, 3.05) is 6.61 Å². The van der Waals surface area contributed by atoms with Gasteiger partial charge < -0.3 is 4.74 Å². The summed E-state index contributed by atoms with van der Waals surface area (Å²) in [4.78, 5) is 12.0. The molecule has 1 aromatic carbocycles. The van der Waals surface area contributed by atoms with Gasteiger partial charge in [-0.25, -0.2) is 0 Å². The summed E-state index contributed by atoms with van der Waals surface area (Å²) in [5.74, 6) is 0.984. The van der Waals surface area contributed by atoms with Gasteiger partial charge in [0.15, 0.2) is 5.78 Å². The summed E-state index contributed by atoms with van der Waals surface area (Å²) in [6.07, 6.45) is 5.04. The lowest BCUT2D eigenvalue weighted by molar-refractivity contribution is 0.0972. The molecule has 1 heterocycles. The number of fused-ring (bicyclic) bond motifs is 1. The van der Waals surface area contributed by atoms with E-state index in [1.165, 1.54) is 0 Å². The van der Waals surface area contributed by atoms with Gasteiger partial charge in [-0.15, -0.1) is 0 Å². The molecule has 1 aromatic rings. The van der Waals surface area contributed by atoms with Gasteiger partial charge in [-0.2, -0.15) is 0 Å². The highest BCUT2D eigenvalue weighted by molar-refractivity contribution is 5.98. The topological polar surface area (TPSA) is 26.3 Å². The van der Waals surface area contributed by atoms with E-state index in [9.17, 15) is 4.79 Å². The van der Waals surface area contributed by atoms with E-state index in [1.54, 1.807) is 0 Å². The van der Waals surface area contributed by atoms with Crippen molar-refractivity contribution in [3.8, 4) is 5.75 Å². The number of ether oxygens (including phenoxy) is 1. The second kappa shape index (κ2) is 5.15. The van der Waals surface area contributed by atoms with Crippen LogP contribution in [0.25, 0.3) is 0 Å². The standard InChI is InChI=1S/C14H18O2/c1-11-7-8-14-12(10-11)13(15)6-4-2-3-5-9-16-14/h7-8,10H,2-6,9H2,1H3. The molecule has 0 spiro atoms. The summed E-state index contributed by atoms with van der Waals surface area (Å²) in [7, 11) is 0. The Kier molecular flexibility index (Phi) is 3.60. The molecular weight excluding hydrogens is 200 g/mol. The minimum Gasteiger partial charge on any atom is -0.493 e. The SMILES string of the molecule is Cc1ccc2c(c1)C(=O)CCCCCCO2. The number of benzene rings is 1. The van der Waals surface area contributed by atoms with Gasteiger partial charge in [0.1, 0.15) is 5.75 Å². The maximum Gasteiger partial charge on any atom is 0.166 e. The normalized spacial score (nSPS) is 17.4. The molecule has 2 nitrogen and oxygen atoms in total. The van der Waals surface area contributed by atoms with Gasteiger partial charge in [0.2, 0.25) is 0 Å². The van der Waals surface area contributed by atoms with Crippen molar-refractivity contribution in [2.45, 2.75) is 39.0 Å². The first-order chi connectivity index (χ1) is 7.77. The molecule has 0 N–H and O–H groups in total. The van der Waals surface area contributed by atoms with Crippen LogP contribution in [0.15, 0.2) is 18.2 Å². The Hall–Kier alpha value is -1.31. The molecule has 86 valence electrons. The molecule has 0 atom stereocenters. The smallest absolute Gasteiger partial charge is 0.166 e. The fourth-order valence-electron chi connectivity index (χ4n) is 2.05. The molecule has 0 saturated heterocycles. The van der Waals surface area contributed by atoms with Crippen LogP contribution in [0.1, 0.15) is 48.0 Å². The van der Waals surface area contributed by atoms with Gasteiger partial charge in [0.05, 0.1) is 12.2 Å². The van der Waals surface area contributed by atoms with Gasteiger partial charge in [-0.1, -0.05) is 24.5 Å². The second-order valence-corrected chi connectivity index (χ2v) is 4.44. The van der Waals surface area contributed by atoms with E-state index in [0.29, 0.717) is 6.42 Å². The van der Waals surface area contributed by atoms with E-state index in [1.807, 2.05) is 25.1 Å². The molecule has 0 unspecified atom stereocenters. The largest absolute Gasteiger partial charge is 0.493 e. The highest BCUT2D eigenvalue weighted by Crippen LogP contribution is 2.24. The van der Waals surface area contributed by atoms with Crippen LogP contribution >= 0.6 is 0 Å². The number of Topliss-reactive ketones (excluding diaryl/α,β-unsaturated/α-hetero) is 1. The van der Waals surface area contributed by atoms with Crippen LogP contribution in [-0.2, 0) is 0 Å². The van der Waals surface area contributed by atoms with Gasteiger partial charge >= 0.3 is 0 Å². The minimum absolute atomic E-state index is 0.223. The third-order valence-electron chi connectivity index (χ3n) is 2.99. The monoisotopic (exact) mass is 218 g/mol. The van der Waals surface area contributed by atoms with Crippen molar-refractivity contribution in [1.29, 1.82) is 0 Å². The van der Waals surface area contributed by atoms with Gasteiger partial charge in [0.25, 0.3) is 0 Å². The highest BCUT2D eigenvalue weighted by Gasteiger charge is 2.13. The van der Waals surface area contributed by atoms with Gasteiger partial charge in [-0.3, -0.25) is 4.79 Å². The van der Waals surface area contributed by atoms with E-state index >= 15 is 0 Å². The van der Waals surface area contributed by atoms with Crippen molar-refractivity contribution < 1.29 is 9.53 Å². The molecule has 0 aliphatic carbocycles. The quantitative estimate of drug-likeness (QED) is 0.666. The molecule has 0 fully saturated rings. The molecule has 16 heavy (non-hydrogen) atoms. The molecule has 0 amide bonds. The molecule has 1 aliphatic heterocycles. The minimum atomic E-state index is 0.223. The average molecular weight is 218 g/mol. The van der Waals surface area contributed by atoms with Gasteiger partial charge in [0, 0.05) is 6.42 Å². The molecule has 0 radical (unpaired) electrons. The zero-order valence-corrected chi connectivity index (χ0v) is 9.79. The first kappa shape index (κ1) is 11.2. The molecule has 0 saturated carbocycles. The first-order valence-electron chi connectivity index (χ1n) is 6.04. The summed E-state index contributed by atoms with van der Waals surface area (Å²) < 4.78 is 5.67.